The quantitative estimate of drug-likeness (QED) is 0.637. The average Bonchev–Trinajstić information content (AvgIpc) is 2.98. The summed E-state index contributed by atoms with van der Waals surface area (Å²) < 4.78 is 25.3. The lowest BCUT2D eigenvalue weighted by atomic mass is 10.0. The van der Waals surface area contributed by atoms with Gasteiger partial charge in [-0.05, 0) is 54.7 Å². The molecular formula is C19H19NO4S. The van der Waals surface area contributed by atoms with Crippen molar-refractivity contribution in [3.05, 3.63) is 70.8 Å². The number of thiol groups is 1. The van der Waals surface area contributed by atoms with Crippen molar-refractivity contribution in [2.45, 2.75) is 25.8 Å². The van der Waals surface area contributed by atoms with Crippen molar-refractivity contribution in [3.8, 4) is 0 Å². The van der Waals surface area contributed by atoms with Gasteiger partial charge in [0.15, 0.2) is 0 Å². The number of fused-ring (bicyclic) bond motifs is 1. The predicted octanol–water partition coefficient (Wildman–Crippen LogP) is 3.11. The van der Waals surface area contributed by atoms with Crippen molar-refractivity contribution in [2.75, 3.05) is 4.31 Å². The molecule has 3 rings (SSSR count). The highest BCUT2D eigenvalue weighted by Gasteiger charge is 2.30. The van der Waals surface area contributed by atoms with Crippen LogP contribution in [0.4, 0.5) is 5.69 Å². The number of carbonyl (C=O) groups is 1. The molecule has 0 fully saturated rings. The zero-order valence-electron chi connectivity index (χ0n) is 13.8. The van der Waals surface area contributed by atoms with Crippen LogP contribution in [0.5, 0.6) is 0 Å². The summed E-state index contributed by atoms with van der Waals surface area (Å²) in [5, 5.41) is 8.73. The zero-order valence-corrected chi connectivity index (χ0v) is 14.6. The van der Waals surface area contributed by atoms with Gasteiger partial charge < -0.3 is 5.11 Å². The molecule has 0 bridgehead atoms. The Morgan fingerprint density at radius 2 is 1.92 bits per heavy atom. The maximum Gasteiger partial charge on any atom is 0.328 e. The second kappa shape index (κ2) is 7.11. The molecule has 0 aliphatic heterocycles. The van der Waals surface area contributed by atoms with Crippen molar-refractivity contribution in [1.29, 1.82) is 0 Å². The zero-order chi connectivity index (χ0) is 18.0. The van der Waals surface area contributed by atoms with Crippen LogP contribution < -0.4 is 4.31 Å². The molecule has 0 heterocycles. The first kappa shape index (κ1) is 17.2. The van der Waals surface area contributed by atoms with Crippen LogP contribution in [-0.2, 0) is 22.1 Å². The SMILES string of the molecule is Cc1ccc(N(C2CCc3cc(/C=C/C(=O)O)ccc32)[SH](=O)=O)cc1. The van der Waals surface area contributed by atoms with Crippen molar-refractivity contribution in [2.24, 2.45) is 0 Å². The molecule has 1 aliphatic carbocycles. The monoisotopic (exact) mass is 357 g/mol. The van der Waals surface area contributed by atoms with Crippen molar-refractivity contribution < 1.29 is 18.3 Å². The van der Waals surface area contributed by atoms with E-state index < -0.39 is 16.9 Å². The lowest BCUT2D eigenvalue weighted by molar-refractivity contribution is -0.131. The molecule has 1 aliphatic rings. The van der Waals surface area contributed by atoms with Gasteiger partial charge in [-0.15, -0.1) is 0 Å². The van der Waals surface area contributed by atoms with Gasteiger partial charge in [0, 0.05) is 6.08 Å². The molecule has 130 valence electrons. The lowest BCUT2D eigenvalue weighted by Crippen LogP contribution is -2.25. The minimum Gasteiger partial charge on any atom is -0.478 e. The van der Waals surface area contributed by atoms with E-state index in [9.17, 15) is 13.2 Å². The molecule has 0 spiro atoms. The molecule has 0 radical (unpaired) electrons. The summed E-state index contributed by atoms with van der Waals surface area (Å²) in [6.07, 6.45) is 4.11. The van der Waals surface area contributed by atoms with Gasteiger partial charge in [0.25, 0.3) is 0 Å². The number of nitrogens with zero attached hydrogens (tertiary/aromatic N) is 1. The van der Waals surface area contributed by atoms with Crippen LogP contribution in [0.2, 0.25) is 0 Å². The summed E-state index contributed by atoms with van der Waals surface area (Å²) in [5.74, 6) is -0.993. The Kier molecular flexibility index (Phi) is 4.90. The standard InChI is InChI=1S/C19H19NO4S/c1-13-2-7-16(8-3-13)20(25(23)24)18-10-6-15-12-14(4-9-17(15)18)5-11-19(21)22/h2-5,7-9,11-12,18,25H,6,10H2,1H3,(H,21,22)/b11-5+. The molecule has 25 heavy (non-hydrogen) atoms. The molecule has 2 aromatic rings. The minimum absolute atomic E-state index is 0.226. The highest BCUT2D eigenvalue weighted by atomic mass is 32.2. The maximum absolute atomic E-state index is 11.9. The number of anilines is 1. The van der Waals surface area contributed by atoms with E-state index in [1.807, 2.05) is 49.4 Å². The molecule has 5 nitrogen and oxygen atoms in total. The van der Waals surface area contributed by atoms with Gasteiger partial charge in [0.1, 0.15) is 0 Å². The van der Waals surface area contributed by atoms with E-state index in [1.165, 1.54) is 4.31 Å². The average molecular weight is 357 g/mol. The Balaban J connectivity index is 1.94. The van der Waals surface area contributed by atoms with Crippen molar-refractivity contribution >= 4 is 28.6 Å². The van der Waals surface area contributed by atoms with Crippen LogP contribution in [0.3, 0.4) is 0 Å². The molecule has 0 saturated heterocycles. The van der Waals surface area contributed by atoms with Crippen LogP contribution in [-0.4, -0.2) is 19.5 Å². The molecule has 2 aromatic carbocycles. The van der Waals surface area contributed by atoms with Gasteiger partial charge in [-0.3, -0.25) is 4.31 Å². The molecule has 0 saturated carbocycles. The number of hydrogen-bond donors (Lipinski definition) is 2. The summed E-state index contributed by atoms with van der Waals surface area (Å²) in [6, 6.07) is 12.9. The number of carboxylic acid groups (broad SMARTS) is 1. The Bertz CT molecular complexity index is 892. The number of aryl methyl sites for hydroxylation is 2. The van der Waals surface area contributed by atoms with Gasteiger partial charge in [-0.2, -0.15) is 0 Å². The molecular weight excluding hydrogens is 338 g/mol. The minimum atomic E-state index is -2.77. The van der Waals surface area contributed by atoms with E-state index in [-0.39, 0.29) is 6.04 Å². The number of rotatable bonds is 5. The van der Waals surface area contributed by atoms with Gasteiger partial charge in [-0.25, -0.2) is 13.2 Å². The molecule has 1 atom stereocenters. The summed E-state index contributed by atoms with van der Waals surface area (Å²) in [5.41, 5.74) is 4.58. The van der Waals surface area contributed by atoms with E-state index in [0.717, 1.165) is 34.8 Å². The Morgan fingerprint density at radius 1 is 1.20 bits per heavy atom. The van der Waals surface area contributed by atoms with Crippen LogP contribution in [0, 0.1) is 6.92 Å². The fourth-order valence-electron chi connectivity index (χ4n) is 3.23. The van der Waals surface area contributed by atoms with Gasteiger partial charge in [0.05, 0.1) is 11.7 Å². The van der Waals surface area contributed by atoms with E-state index in [1.54, 1.807) is 6.08 Å². The number of aliphatic carboxylic acids is 1. The van der Waals surface area contributed by atoms with Gasteiger partial charge in [0.2, 0.25) is 10.9 Å². The van der Waals surface area contributed by atoms with E-state index in [2.05, 4.69) is 0 Å². The molecule has 0 amide bonds. The topological polar surface area (TPSA) is 74.7 Å². The van der Waals surface area contributed by atoms with Crippen molar-refractivity contribution in [1.82, 2.24) is 0 Å². The third-order valence-electron chi connectivity index (χ3n) is 4.40. The fourth-order valence-corrected chi connectivity index (χ4v) is 4.02. The van der Waals surface area contributed by atoms with E-state index in [0.29, 0.717) is 12.1 Å². The molecule has 1 N–H and O–H groups in total. The van der Waals surface area contributed by atoms with E-state index in [4.69, 9.17) is 5.11 Å². The fraction of sp³-hybridized carbons (Fsp3) is 0.211. The third-order valence-corrected chi connectivity index (χ3v) is 5.26. The van der Waals surface area contributed by atoms with Crippen LogP contribution in [0.1, 0.15) is 34.7 Å². The summed E-state index contributed by atoms with van der Waals surface area (Å²) in [4.78, 5) is 10.6. The highest BCUT2D eigenvalue weighted by Crippen LogP contribution is 2.39. The van der Waals surface area contributed by atoms with Crippen LogP contribution in [0.15, 0.2) is 48.5 Å². The normalized spacial score (nSPS) is 16.3. The summed E-state index contributed by atoms with van der Waals surface area (Å²) in [7, 11) is -2.77. The third kappa shape index (κ3) is 3.74. The second-order valence-corrected chi connectivity index (χ2v) is 7.01. The molecule has 6 heteroatoms. The Labute approximate surface area is 148 Å². The van der Waals surface area contributed by atoms with Crippen LogP contribution >= 0.6 is 0 Å². The Morgan fingerprint density at radius 3 is 2.56 bits per heavy atom. The molecule has 0 aromatic heterocycles. The van der Waals surface area contributed by atoms with Crippen molar-refractivity contribution in [3.63, 3.8) is 0 Å². The first-order valence-electron chi connectivity index (χ1n) is 8.00. The largest absolute Gasteiger partial charge is 0.478 e. The predicted molar refractivity (Wildman–Crippen MR) is 98.1 cm³/mol. The molecule has 1 unspecified atom stereocenters. The smallest absolute Gasteiger partial charge is 0.328 e. The lowest BCUT2D eigenvalue weighted by Gasteiger charge is -2.26. The number of hydrogen-bond acceptors (Lipinski definition) is 3. The number of benzene rings is 2. The highest BCUT2D eigenvalue weighted by molar-refractivity contribution is 7.74. The van der Waals surface area contributed by atoms with E-state index >= 15 is 0 Å². The van der Waals surface area contributed by atoms with Gasteiger partial charge >= 0.3 is 5.97 Å². The van der Waals surface area contributed by atoms with Crippen LogP contribution in [0.25, 0.3) is 6.08 Å². The van der Waals surface area contributed by atoms with Gasteiger partial charge in [-0.1, -0.05) is 35.9 Å². The summed E-state index contributed by atoms with van der Waals surface area (Å²) >= 11 is 0. The summed E-state index contributed by atoms with van der Waals surface area (Å²) in [6.45, 7) is 1.96. The maximum atomic E-state index is 11.9. The first-order valence-corrected chi connectivity index (χ1v) is 9.13. The Hall–Kier alpha value is -2.60. The number of carboxylic acids is 1. The second-order valence-electron chi connectivity index (χ2n) is 6.10. The first-order chi connectivity index (χ1) is 12.0.